The third-order valence-electron chi connectivity index (χ3n) is 1.87. The van der Waals surface area contributed by atoms with Crippen molar-refractivity contribution in [1.29, 1.82) is 0 Å². The Hall–Kier alpha value is -0.610. The molecule has 0 unspecified atom stereocenters. The largest absolute Gasteiger partial charge is 0.490 e. The van der Waals surface area contributed by atoms with E-state index in [1.807, 2.05) is 0 Å². The van der Waals surface area contributed by atoms with E-state index in [2.05, 4.69) is 15.9 Å². The molecule has 0 aromatic heterocycles. The fourth-order valence-corrected chi connectivity index (χ4v) is 1.76. The van der Waals surface area contributed by atoms with Gasteiger partial charge in [0.1, 0.15) is 18.2 Å². The van der Waals surface area contributed by atoms with E-state index in [4.69, 9.17) is 10.5 Å². The smallest absolute Gasteiger partial charge is 0.141 e. The quantitative estimate of drug-likeness (QED) is 0.742. The van der Waals surface area contributed by atoms with Gasteiger partial charge in [-0.25, -0.2) is 4.39 Å². The van der Waals surface area contributed by atoms with Crippen molar-refractivity contribution in [2.45, 2.75) is 6.04 Å². The van der Waals surface area contributed by atoms with Crippen molar-refractivity contribution in [3.05, 3.63) is 28.0 Å². The molecule has 2 rings (SSSR count). The van der Waals surface area contributed by atoms with Gasteiger partial charge in [-0.2, -0.15) is 0 Å². The maximum Gasteiger partial charge on any atom is 0.141 e. The Morgan fingerprint density at radius 3 is 3.00 bits per heavy atom. The van der Waals surface area contributed by atoms with Gasteiger partial charge in [-0.3, -0.25) is 0 Å². The van der Waals surface area contributed by atoms with Crippen molar-refractivity contribution in [3.63, 3.8) is 0 Å². The molecule has 0 saturated heterocycles. The summed E-state index contributed by atoms with van der Waals surface area (Å²) < 4.78 is 19.1. The molecule has 0 saturated carbocycles. The first-order chi connectivity index (χ1) is 5.70. The zero-order valence-corrected chi connectivity index (χ0v) is 7.77. The summed E-state index contributed by atoms with van der Waals surface area (Å²) in [7, 11) is 0. The molecule has 0 spiro atoms. The number of hydrogen-bond donors (Lipinski definition) is 1. The third-order valence-corrected chi connectivity index (χ3v) is 2.50. The SMILES string of the molecule is N[C@@H]1COc2c(Br)ccc(F)c21. The highest BCUT2D eigenvalue weighted by Gasteiger charge is 2.26. The molecule has 1 aromatic carbocycles. The zero-order valence-electron chi connectivity index (χ0n) is 6.18. The molecule has 1 atom stereocenters. The Labute approximate surface area is 77.6 Å². The summed E-state index contributed by atoms with van der Waals surface area (Å²) in [6.07, 6.45) is 0. The molecule has 1 aliphatic heterocycles. The summed E-state index contributed by atoms with van der Waals surface area (Å²) in [5, 5.41) is 0. The Morgan fingerprint density at radius 2 is 2.33 bits per heavy atom. The minimum Gasteiger partial charge on any atom is -0.490 e. The van der Waals surface area contributed by atoms with Crippen molar-refractivity contribution < 1.29 is 9.13 Å². The number of ether oxygens (including phenoxy) is 1. The van der Waals surface area contributed by atoms with Crippen LogP contribution in [0.15, 0.2) is 16.6 Å². The molecule has 1 aromatic rings. The van der Waals surface area contributed by atoms with Crippen LogP contribution in [0.25, 0.3) is 0 Å². The molecule has 1 aliphatic rings. The molecule has 0 aliphatic carbocycles. The van der Waals surface area contributed by atoms with E-state index in [1.165, 1.54) is 6.07 Å². The highest BCUT2D eigenvalue weighted by atomic mass is 79.9. The minimum atomic E-state index is -0.336. The second kappa shape index (κ2) is 2.71. The van der Waals surface area contributed by atoms with Gasteiger partial charge in [0, 0.05) is 0 Å². The molecule has 0 fully saturated rings. The van der Waals surface area contributed by atoms with Gasteiger partial charge >= 0.3 is 0 Å². The van der Waals surface area contributed by atoms with Crippen molar-refractivity contribution in [2.24, 2.45) is 5.73 Å². The van der Waals surface area contributed by atoms with Crippen molar-refractivity contribution >= 4 is 15.9 Å². The lowest BCUT2D eigenvalue weighted by Gasteiger charge is -2.03. The first-order valence-electron chi connectivity index (χ1n) is 3.56. The number of fused-ring (bicyclic) bond motifs is 1. The number of rotatable bonds is 0. The van der Waals surface area contributed by atoms with E-state index < -0.39 is 0 Å². The van der Waals surface area contributed by atoms with Gasteiger partial charge in [0.2, 0.25) is 0 Å². The van der Waals surface area contributed by atoms with Crippen molar-refractivity contribution in [3.8, 4) is 5.75 Å². The van der Waals surface area contributed by atoms with Gasteiger partial charge in [0.25, 0.3) is 0 Å². The molecule has 0 amide bonds. The average molecular weight is 232 g/mol. The lowest BCUT2D eigenvalue weighted by atomic mass is 10.1. The molecule has 64 valence electrons. The van der Waals surface area contributed by atoms with E-state index in [9.17, 15) is 4.39 Å². The molecule has 0 bridgehead atoms. The predicted molar refractivity (Wildman–Crippen MR) is 46.5 cm³/mol. The van der Waals surface area contributed by atoms with E-state index >= 15 is 0 Å². The van der Waals surface area contributed by atoms with Crippen LogP contribution in [0.1, 0.15) is 11.6 Å². The van der Waals surface area contributed by atoms with Crippen molar-refractivity contribution in [1.82, 2.24) is 0 Å². The monoisotopic (exact) mass is 231 g/mol. The van der Waals surface area contributed by atoms with Gasteiger partial charge < -0.3 is 10.5 Å². The molecule has 12 heavy (non-hydrogen) atoms. The lowest BCUT2D eigenvalue weighted by molar-refractivity contribution is 0.331. The van der Waals surface area contributed by atoms with Crippen LogP contribution in [-0.4, -0.2) is 6.61 Å². The van der Waals surface area contributed by atoms with Crippen LogP contribution in [0.4, 0.5) is 4.39 Å². The first-order valence-corrected chi connectivity index (χ1v) is 4.35. The highest BCUT2D eigenvalue weighted by Crippen LogP contribution is 2.38. The molecule has 1 heterocycles. The molecule has 2 nitrogen and oxygen atoms in total. The van der Waals surface area contributed by atoms with E-state index in [0.717, 1.165) is 4.47 Å². The van der Waals surface area contributed by atoms with Gasteiger partial charge in [-0.15, -0.1) is 0 Å². The molecule has 4 heteroatoms. The zero-order chi connectivity index (χ0) is 8.72. The summed E-state index contributed by atoms with van der Waals surface area (Å²) >= 11 is 3.26. The van der Waals surface area contributed by atoms with Crippen LogP contribution in [0.2, 0.25) is 0 Å². The maximum atomic E-state index is 13.1. The highest BCUT2D eigenvalue weighted by molar-refractivity contribution is 9.10. The second-order valence-corrected chi connectivity index (χ2v) is 3.54. The van der Waals surface area contributed by atoms with Crippen LogP contribution in [0.3, 0.4) is 0 Å². The van der Waals surface area contributed by atoms with E-state index in [0.29, 0.717) is 17.9 Å². The topological polar surface area (TPSA) is 35.2 Å². The summed E-state index contributed by atoms with van der Waals surface area (Å²) in [5.74, 6) is 0.251. The number of halogens is 2. The molecule has 0 radical (unpaired) electrons. The predicted octanol–water partition coefficient (Wildman–Crippen LogP) is 1.98. The summed E-state index contributed by atoms with van der Waals surface area (Å²) in [6.45, 7) is 0.356. The minimum absolute atomic E-state index is 0.293. The fourth-order valence-electron chi connectivity index (χ4n) is 1.30. The van der Waals surface area contributed by atoms with Crippen molar-refractivity contribution in [2.75, 3.05) is 6.61 Å². The average Bonchev–Trinajstić information content (AvgIpc) is 2.42. The number of hydrogen-bond acceptors (Lipinski definition) is 2. The Morgan fingerprint density at radius 1 is 1.58 bits per heavy atom. The van der Waals surface area contributed by atoms with Crippen LogP contribution in [-0.2, 0) is 0 Å². The van der Waals surface area contributed by atoms with Gasteiger partial charge in [-0.1, -0.05) is 0 Å². The number of benzene rings is 1. The molecular formula is C8H7BrFNO. The van der Waals surface area contributed by atoms with E-state index in [-0.39, 0.29) is 11.9 Å². The maximum absolute atomic E-state index is 13.1. The standard InChI is InChI=1S/C8H7BrFNO/c9-4-1-2-5(10)7-6(11)3-12-8(4)7/h1-2,6H,3,11H2/t6-/m1/s1. The number of nitrogens with two attached hydrogens (primary N) is 1. The molecular weight excluding hydrogens is 225 g/mol. The Balaban J connectivity index is 2.64. The van der Waals surface area contributed by atoms with Crippen LogP contribution < -0.4 is 10.5 Å². The Kier molecular flexibility index (Phi) is 1.81. The molecule has 2 N–H and O–H groups in total. The summed E-state index contributed by atoms with van der Waals surface area (Å²) in [6, 6.07) is 2.67. The second-order valence-electron chi connectivity index (χ2n) is 2.69. The van der Waals surface area contributed by atoms with Gasteiger partial charge in [0.15, 0.2) is 0 Å². The Bertz CT molecular complexity index is 329. The fraction of sp³-hybridized carbons (Fsp3) is 0.250. The van der Waals surface area contributed by atoms with E-state index in [1.54, 1.807) is 6.07 Å². The lowest BCUT2D eigenvalue weighted by Crippen LogP contribution is -2.11. The summed E-state index contributed by atoms with van der Waals surface area (Å²) in [4.78, 5) is 0. The first kappa shape index (κ1) is 8.01. The van der Waals surface area contributed by atoms with Crippen LogP contribution in [0, 0.1) is 5.82 Å². The normalized spacial score (nSPS) is 20.4. The van der Waals surface area contributed by atoms with Crippen LogP contribution in [0.5, 0.6) is 5.75 Å². The summed E-state index contributed by atoms with van der Waals surface area (Å²) in [5.41, 5.74) is 6.11. The van der Waals surface area contributed by atoms with Gasteiger partial charge in [-0.05, 0) is 28.1 Å². The third kappa shape index (κ3) is 1.03. The van der Waals surface area contributed by atoms with Gasteiger partial charge in [0.05, 0.1) is 16.1 Å². The van der Waals surface area contributed by atoms with Crippen LogP contribution >= 0.6 is 15.9 Å².